The molecule has 1 saturated heterocycles. The van der Waals surface area contributed by atoms with Crippen LogP contribution in [-0.4, -0.2) is 40.1 Å². The largest absolute Gasteiger partial charge is 0.481 e. The third-order valence-corrected chi connectivity index (χ3v) is 4.88. The van der Waals surface area contributed by atoms with Crippen molar-refractivity contribution < 1.29 is 14.7 Å². The summed E-state index contributed by atoms with van der Waals surface area (Å²) in [4.78, 5) is 25.7. The van der Waals surface area contributed by atoms with Gasteiger partial charge >= 0.3 is 12.0 Å². The lowest BCUT2D eigenvalue weighted by molar-refractivity contribution is -0.143. The topological polar surface area (TPSA) is 69.6 Å². The molecule has 1 saturated carbocycles. The van der Waals surface area contributed by atoms with Gasteiger partial charge < -0.3 is 15.3 Å². The van der Waals surface area contributed by atoms with E-state index in [9.17, 15) is 14.7 Å². The van der Waals surface area contributed by atoms with E-state index in [0.717, 1.165) is 38.5 Å². The van der Waals surface area contributed by atoms with Crippen LogP contribution in [0.15, 0.2) is 0 Å². The highest BCUT2D eigenvalue weighted by Crippen LogP contribution is 2.28. The highest BCUT2D eigenvalue weighted by molar-refractivity contribution is 5.77. The molecular formula is C15H26N2O3. The van der Waals surface area contributed by atoms with Crippen LogP contribution in [0.3, 0.4) is 0 Å². The Morgan fingerprint density at radius 2 is 1.90 bits per heavy atom. The first-order valence-electron chi connectivity index (χ1n) is 7.86. The smallest absolute Gasteiger partial charge is 0.318 e. The number of urea groups is 1. The van der Waals surface area contributed by atoms with Crippen LogP contribution in [0.4, 0.5) is 4.79 Å². The van der Waals surface area contributed by atoms with Crippen molar-refractivity contribution in [2.75, 3.05) is 0 Å². The number of likely N-dealkylation sites (tertiary alicyclic amines) is 1. The van der Waals surface area contributed by atoms with Gasteiger partial charge in [-0.25, -0.2) is 4.79 Å². The Balaban J connectivity index is 2.00. The monoisotopic (exact) mass is 282 g/mol. The summed E-state index contributed by atoms with van der Waals surface area (Å²) in [6.07, 6.45) is 6.46. The average molecular weight is 282 g/mol. The van der Waals surface area contributed by atoms with E-state index in [4.69, 9.17) is 0 Å². The van der Waals surface area contributed by atoms with Gasteiger partial charge in [0, 0.05) is 18.1 Å². The molecule has 0 aromatic heterocycles. The fraction of sp³-hybridized carbons (Fsp3) is 0.867. The number of carboxylic acids is 1. The first-order valence-corrected chi connectivity index (χ1v) is 7.86. The zero-order valence-electron chi connectivity index (χ0n) is 12.5. The molecule has 4 unspecified atom stereocenters. The van der Waals surface area contributed by atoms with Crippen LogP contribution < -0.4 is 5.32 Å². The molecule has 2 rings (SSSR count). The van der Waals surface area contributed by atoms with E-state index in [0.29, 0.717) is 12.5 Å². The predicted octanol–water partition coefficient (Wildman–Crippen LogP) is 2.60. The second kappa shape index (κ2) is 6.46. The number of carboxylic acid groups (broad SMARTS) is 1. The van der Waals surface area contributed by atoms with Crippen molar-refractivity contribution >= 4 is 12.0 Å². The molecule has 4 atom stereocenters. The summed E-state index contributed by atoms with van der Waals surface area (Å²) >= 11 is 0. The number of nitrogens with one attached hydrogen (secondary N) is 1. The molecule has 1 heterocycles. The molecule has 0 bridgehead atoms. The summed E-state index contributed by atoms with van der Waals surface area (Å²) in [5.74, 6) is -1.21. The molecule has 0 spiro atoms. The molecule has 0 aromatic carbocycles. The number of carbonyl (C=O) groups is 2. The third kappa shape index (κ3) is 3.07. The molecular weight excluding hydrogens is 256 g/mol. The van der Waals surface area contributed by atoms with Crippen molar-refractivity contribution in [1.82, 2.24) is 10.2 Å². The number of hydrogen-bond acceptors (Lipinski definition) is 2. The maximum absolute atomic E-state index is 12.5. The van der Waals surface area contributed by atoms with Gasteiger partial charge in [0.05, 0.1) is 5.92 Å². The Morgan fingerprint density at radius 1 is 1.20 bits per heavy atom. The molecule has 0 radical (unpaired) electrons. The standard InChI is InChI=1S/C15H26N2O3/c1-3-11-9-8-10(2)17(11)15(20)16-13-7-5-4-6-12(13)14(18)19/h10-13H,3-9H2,1-2H3,(H,16,20)(H,18,19). The molecule has 2 N–H and O–H groups in total. The second-order valence-corrected chi connectivity index (χ2v) is 6.18. The van der Waals surface area contributed by atoms with E-state index in [1.165, 1.54) is 0 Å². The van der Waals surface area contributed by atoms with Crippen molar-refractivity contribution in [3.8, 4) is 0 Å². The van der Waals surface area contributed by atoms with Gasteiger partial charge in [-0.05, 0) is 39.0 Å². The van der Waals surface area contributed by atoms with Crippen LogP contribution >= 0.6 is 0 Å². The molecule has 20 heavy (non-hydrogen) atoms. The maximum Gasteiger partial charge on any atom is 0.318 e. The summed E-state index contributed by atoms with van der Waals surface area (Å²) in [5.41, 5.74) is 0. The van der Waals surface area contributed by atoms with Crippen molar-refractivity contribution in [1.29, 1.82) is 0 Å². The number of nitrogens with zero attached hydrogens (tertiary/aromatic N) is 1. The van der Waals surface area contributed by atoms with Crippen LogP contribution in [-0.2, 0) is 4.79 Å². The first-order chi connectivity index (χ1) is 9.54. The lowest BCUT2D eigenvalue weighted by Crippen LogP contribution is -2.52. The van der Waals surface area contributed by atoms with Crippen molar-refractivity contribution in [3.05, 3.63) is 0 Å². The number of aliphatic carboxylic acids is 1. The summed E-state index contributed by atoms with van der Waals surface area (Å²) in [5, 5.41) is 12.3. The SMILES string of the molecule is CCC1CCC(C)N1C(=O)NC1CCCCC1C(=O)O. The normalized spacial score (nSPS) is 34.0. The lowest BCUT2D eigenvalue weighted by atomic mass is 9.84. The van der Waals surface area contributed by atoms with E-state index in [1.807, 2.05) is 4.90 Å². The van der Waals surface area contributed by atoms with E-state index >= 15 is 0 Å². The minimum Gasteiger partial charge on any atom is -0.481 e. The number of rotatable bonds is 3. The van der Waals surface area contributed by atoms with Crippen LogP contribution in [0.5, 0.6) is 0 Å². The van der Waals surface area contributed by atoms with E-state index in [1.54, 1.807) is 0 Å². The van der Waals surface area contributed by atoms with E-state index in [2.05, 4.69) is 19.2 Å². The highest BCUT2D eigenvalue weighted by Gasteiger charge is 2.37. The Morgan fingerprint density at radius 3 is 2.55 bits per heavy atom. The van der Waals surface area contributed by atoms with Crippen LogP contribution in [0, 0.1) is 5.92 Å². The Kier molecular flexibility index (Phi) is 4.89. The van der Waals surface area contributed by atoms with Gasteiger partial charge in [0.1, 0.15) is 0 Å². The molecule has 2 aliphatic rings. The average Bonchev–Trinajstić information content (AvgIpc) is 2.80. The van der Waals surface area contributed by atoms with Crippen LogP contribution in [0.25, 0.3) is 0 Å². The molecule has 2 fully saturated rings. The molecule has 5 heteroatoms. The molecule has 0 aromatic rings. The number of carbonyl (C=O) groups excluding carboxylic acids is 1. The fourth-order valence-corrected chi connectivity index (χ4v) is 3.67. The van der Waals surface area contributed by atoms with Gasteiger partial charge in [-0.2, -0.15) is 0 Å². The van der Waals surface area contributed by atoms with Crippen molar-refractivity contribution in [2.24, 2.45) is 5.92 Å². The number of hydrogen-bond donors (Lipinski definition) is 2. The summed E-state index contributed by atoms with van der Waals surface area (Å²) < 4.78 is 0. The first kappa shape index (κ1) is 15.1. The molecule has 114 valence electrons. The molecule has 2 amide bonds. The molecule has 1 aliphatic carbocycles. The minimum absolute atomic E-state index is 0.0694. The van der Waals surface area contributed by atoms with Gasteiger partial charge in [0.25, 0.3) is 0 Å². The second-order valence-electron chi connectivity index (χ2n) is 6.18. The fourth-order valence-electron chi connectivity index (χ4n) is 3.67. The Labute approximate surface area is 120 Å². The van der Waals surface area contributed by atoms with E-state index in [-0.39, 0.29) is 18.1 Å². The molecule has 5 nitrogen and oxygen atoms in total. The predicted molar refractivity (Wildman–Crippen MR) is 76.5 cm³/mol. The zero-order valence-corrected chi connectivity index (χ0v) is 12.5. The van der Waals surface area contributed by atoms with E-state index < -0.39 is 11.9 Å². The highest BCUT2D eigenvalue weighted by atomic mass is 16.4. The van der Waals surface area contributed by atoms with Gasteiger partial charge in [-0.15, -0.1) is 0 Å². The molecule has 1 aliphatic heterocycles. The van der Waals surface area contributed by atoms with Crippen molar-refractivity contribution in [2.45, 2.75) is 76.9 Å². The zero-order chi connectivity index (χ0) is 14.7. The Bertz CT molecular complexity index is 372. The van der Waals surface area contributed by atoms with Crippen LogP contribution in [0.1, 0.15) is 58.8 Å². The summed E-state index contributed by atoms with van der Waals surface area (Å²) in [6.45, 7) is 4.18. The van der Waals surface area contributed by atoms with Crippen LogP contribution in [0.2, 0.25) is 0 Å². The van der Waals surface area contributed by atoms with Gasteiger partial charge in [0.15, 0.2) is 0 Å². The van der Waals surface area contributed by atoms with Gasteiger partial charge in [-0.1, -0.05) is 19.8 Å². The van der Waals surface area contributed by atoms with Gasteiger partial charge in [-0.3, -0.25) is 4.79 Å². The number of amides is 2. The van der Waals surface area contributed by atoms with Gasteiger partial charge in [0.2, 0.25) is 0 Å². The third-order valence-electron chi connectivity index (χ3n) is 4.88. The quantitative estimate of drug-likeness (QED) is 0.836. The summed E-state index contributed by atoms with van der Waals surface area (Å²) in [6, 6.07) is 0.280. The maximum atomic E-state index is 12.5. The lowest BCUT2D eigenvalue weighted by Gasteiger charge is -2.34. The minimum atomic E-state index is -0.781. The Hall–Kier alpha value is -1.26. The van der Waals surface area contributed by atoms with Crippen molar-refractivity contribution in [3.63, 3.8) is 0 Å². The summed E-state index contributed by atoms with van der Waals surface area (Å²) in [7, 11) is 0.